The van der Waals surface area contributed by atoms with Crippen LogP contribution in [0.5, 0.6) is 0 Å². The van der Waals surface area contributed by atoms with Crippen molar-refractivity contribution in [1.29, 1.82) is 0 Å². The number of furan rings is 1. The summed E-state index contributed by atoms with van der Waals surface area (Å²) in [7, 11) is 3.99. The zero-order chi connectivity index (χ0) is 17.9. The van der Waals surface area contributed by atoms with E-state index in [1.165, 1.54) is 0 Å². The summed E-state index contributed by atoms with van der Waals surface area (Å²) in [6.07, 6.45) is 2.59. The van der Waals surface area contributed by atoms with E-state index in [9.17, 15) is 0 Å². The second-order valence-corrected chi connectivity index (χ2v) is 6.55. The largest absolute Gasteiger partial charge is 0.467 e. The third-order valence-corrected chi connectivity index (χ3v) is 4.53. The van der Waals surface area contributed by atoms with Crippen LogP contribution >= 0.6 is 0 Å². The number of rotatable bonds is 9. The monoisotopic (exact) mass is 351 g/mol. The van der Waals surface area contributed by atoms with Gasteiger partial charge in [0.05, 0.1) is 6.26 Å². The SMILES string of the molecule is CN=C(NCCCOCc1ccco1)NCC(C)N1CCN(C)CC1. The molecule has 0 amide bonds. The molecule has 1 saturated heterocycles. The van der Waals surface area contributed by atoms with Crippen molar-refractivity contribution in [1.82, 2.24) is 20.4 Å². The Kier molecular flexibility index (Phi) is 8.79. The molecule has 0 aliphatic carbocycles. The van der Waals surface area contributed by atoms with E-state index in [1.54, 1.807) is 6.26 Å². The molecule has 1 atom stereocenters. The predicted molar refractivity (Wildman–Crippen MR) is 101 cm³/mol. The number of ether oxygens (including phenoxy) is 1. The molecule has 0 bridgehead atoms. The molecular formula is C18H33N5O2. The number of guanidine groups is 1. The molecule has 0 spiro atoms. The first-order valence-corrected chi connectivity index (χ1v) is 9.16. The maximum absolute atomic E-state index is 5.58. The highest BCUT2D eigenvalue weighted by atomic mass is 16.5. The zero-order valence-corrected chi connectivity index (χ0v) is 15.8. The van der Waals surface area contributed by atoms with Gasteiger partial charge in [-0.05, 0) is 32.5 Å². The predicted octanol–water partition coefficient (Wildman–Crippen LogP) is 0.987. The summed E-state index contributed by atoms with van der Waals surface area (Å²) in [5, 5.41) is 6.76. The van der Waals surface area contributed by atoms with Crippen LogP contribution in [0.2, 0.25) is 0 Å². The fourth-order valence-corrected chi connectivity index (χ4v) is 2.81. The Balaban J connectivity index is 1.52. The van der Waals surface area contributed by atoms with E-state index >= 15 is 0 Å². The van der Waals surface area contributed by atoms with Crippen molar-refractivity contribution in [2.45, 2.75) is 26.0 Å². The number of aliphatic imine (C=N–C) groups is 1. The number of hydrogen-bond donors (Lipinski definition) is 2. The fraction of sp³-hybridized carbons (Fsp3) is 0.722. The summed E-state index contributed by atoms with van der Waals surface area (Å²) in [4.78, 5) is 9.20. The van der Waals surface area contributed by atoms with Crippen LogP contribution in [0.4, 0.5) is 0 Å². The Morgan fingerprint density at radius 2 is 2.12 bits per heavy atom. The van der Waals surface area contributed by atoms with Gasteiger partial charge in [0.15, 0.2) is 5.96 Å². The van der Waals surface area contributed by atoms with Crippen molar-refractivity contribution < 1.29 is 9.15 Å². The van der Waals surface area contributed by atoms with Crippen LogP contribution in [-0.2, 0) is 11.3 Å². The van der Waals surface area contributed by atoms with Crippen molar-refractivity contribution in [2.24, 2.45) is 4.99 Å². The molecule has 1 aliphatic rings. The quantitative estimate of drug-likeness (QED) is 0.393. The van der Waals surface area contributed by atoms with Crippen molar-refractivity contribution in [2.75, 3.05) is 60.0 Å². The average Bonchev–Trinajstić information content (AvgIpc) is 3.14. The van der Waals surface area contributed by atoms with Crippen LogP contribution < -0.4 is 10.6 Å². The Morgan fingerprint density at radius 3 is 2.80 bits per heavy atom. The van der Waals surface area contributed by atoms with Gasteiger partial charge in [0.2, 0.25) is 0 Å². The summed E-state index contributed by atoms with van der Waals surface area (Å²) in [5.74, 6) is 1.72. The highest BCUT2D eigenvalue weighted by molar-refractivity contribution is 5.79. The Hall–Kier alpha value is -1.57. The van der Waals surface area contributed by atoms with E-state index in [4.69, 9.17) is 9.15 Å². The fourth-order valence-electron chi connectivity index (χ4n) is 2.81. The van der Waals surface area contributed by atoms with Gasteiger partial charge in [-0.15, -0.1) is 0 Å². The van der Waals surface area contributed by atoms with Gasteiger partial charge in [0.25, 0.3) is 0 Å². The van der Waals surface area contributed by atoms with E-state index in [0.717, 1.165) is 57.4 Å². The van der Waals surface area contributed by atoms with Crippen LogP contribution in [0.3, 0.4) is 0 Å². The highest BCUT2D eigenvalue weighted by Crippen LogP contribution is 2.04. The van der Waals surface area contributed by atoms with Gasteiger partial charge in [-0.1, -0.05) is 0 Å². The van der Waals surface area contributed by atoms with Gasteiger partial charge in [0, 0.05) is 59.0 Å². The molecule has 0 aromatic carbocycles. The summed E-state index contributed by atoms with van der Waals surface area (Å²) in [6, 6.07) is 4.30. The van der Waals surface area contributed by atoms with Crippen LogP contribution in [-0.4, -0.2) is 81.8 Å². The number of nitrogens with one attached hydrogen (secondary N) is 2. The first kappa shape index (κ1) is 19.8. The van der Waals surface area contributed by atoms with Gasteiger partial charge < -0.3 is 24.7 Å². The Labute approximate surface area is 151 Å². The second-order valence-electron chi connectivity index (χ2n) is 6.55. The first-order valence-electron chi connectivity index (χ1n) is 9.16. The van der Waals surface area contributed by atoms with Gasteiger partial charge in [0.1, 0.15) is 12.4 Å². The van der Waals surface area contributed by atoms with E-state index < -0.39 is 0 Å². The van der Waals surface area contributed by atoms with E-state index in [0.29, 0.717) is 19.3 Å². The standard InChI is InChI=1S/C18H33N5O2/c1-16(23-10-8-22(3)9-11-23)14-21-18(19-2)20-7-5-12-24-15-17-6-4-13-25-17/h4,6,13,16H,5,7-12,14-15H2,1-3H3,(H2,19,20,21). The normalized spacial score (nSPS) is 18.3. The molecule has 0 saturated carbocycles. The third-order valence-electron chi connectivity index (χ3n) is 4.53. The number of likely N-dealkylation sites (N-methyl/N-ethyl adjacent to an activating group) is 1. The second kappa shape index (κ2) is 11.1. The van der Waals surface area contributed by atoms with Gasteiger partial charge >= 0.3 is 0 Å². The molecular weight excluding hydrogens is 318 g/mol. The molecule has 142 valence electrons. The maximum Gasteiger partial charge on any atom is 0.191 e. The molecule has 1 aliphatic heterocycles. The lowest BCUT2D eigenvalue weighted by Crippen LogP contribution is -2.52. The summed E-state index contributed by atoms with van der Waals surface area (Å²) < 4.78 is 10.8. The third kappa shape index (κ3) is 7.46. The van der Waals surface area contributed by atoms with Crippen molar-refractivity contribution in [3.8, 4) is 0 Å². The average molecular weight is 351 g/mol. The molecule has 1 unspecified atom stereocenters. The Morgan fingerprint density at radius 1 is 1.32 bits per heavy atom. The molecule has 2 N–H and O–H groups in total. The van der Waals surface area contributed by atoms with E-state index in [1.807, 2.05) is 19.2 Å². The minimum absolute atomic E-state index is 0.504. The minimum Gasteiger partial charge on any atom is -0.467 e. The topological polar surface area (TPSA) is 65.3 Å². The molecule has 0 radical (unpaired) electrons. The van der Waals surface area contributed by atoms with Crippen LogP contribution in [0.25, 0.3) is 0 Å². The lowest BCUT2D eigenvalue weighted by molar-refractivity contribution is 0.105. The van der Waals surface area contributed by atoms with Crippen molar-refractivity contribution >= 4 is 5.96 Å². The Bertz CT molecular complexity index is 484. The molecule has 1 aromatic heterocycles. The van der Waals surface area contributed by atoms with Crippen LogP contribution in [0.15, 0.2) is 27.8 Å². The van der Waals surface area contributed by atoms with Crippen molar-refractivity contribution in [3.63, 3.8) is 0 Å². The van der Waals surface area contributed by atoms with Crippen LogP contribution in [0, 0.1) is 0 Å². The lowest BCUT2D eigenvalue weighted by atomic mass is 10.2. The van der Waals surface area contributed by atoms with Gasteiger partial charge in [-0.2, -0.15) is 0 Å². The lowest BCUT2D eigenvalue weighted by Gasteiger charge is -2.36. The molecule has 1 aromatic rings. The number of piperazine rings is 1. The highest BCUT2D eigenvalue weighted by Gasteiger charge is 2.18. The van der Waals surface area contributed by atoms with Gasteiger partial charge in [-0.3, -0.25) is 9.89 Å². The zero-order valence-electron chi connectivity index (χ0n) is 15.8. The summed E-state index contributed by atoms with van der Waals surface area (Å²) >= 11 is 0. The molecule has 2 rings (SSSR count). The number of hydrogen-bond acceptors (Lipinski definition) is 5. The summed E-state index contributed by atoms with van der Waals surface area (Å²) in [6.45, 7) is 9.81. The molecule has 2 heterocycles. The van der Waals surface area contributed by atoms with E-state index in [-0.39, 0.29) is 0 Å². The molecule has 25 heavy (non-hydrogen) atoms. The van der Waals surface area contributed by atoms with Crippen LogP contribution in [0.1, 0.15) is 19.1 Å². The smallest absolute Gasteiger partial charge is 0.191 e. The molecule has 1 fully saturated rings. The van der Waals surface area contributed by atoms with Gasteiger partial charge in [-0.25, -0.2) is 0 Å². The molecule has 7 nitrogen and oxygen atoms in total. The van der Waals surface area contributed by atoms with Crippen molar-refractivity contribution in [3.05, 3.63) is 24.2 Å². The first-order chi connectivity index (χ1) is 12.2. The van der Waals surface area contributed by atoms with E-state index in [2.05, 4.69) is 39.4 Å². The number of nitrogens with zero attached hydrogens (tertiary/aromatic N) is 3. The maximum atomic E-state index is 5.58. The minimum atomic E-state index is 0.504. The summed E-state index contributed by atoms with van der Waals surface area (Å²) in [5.41, 5.74) is 0. The molecule has 7 heteroatoms.